The zero-order valence-electron chi connectivity index (χ0n) is 16.5. The predicted molar refractivity (Wildman–Crippen MR) is 115 cm³/mol. The number of carbonyl (C=O) groups is 3. The van der Waals surface area contributed by atoms with Crippen LogP contribution in [0.15, 0.2) is 47.4 Å². The van der Waals surface area contributed by atoms with Crippen LogP contribution < -0.4 is 10.1 Å². The second kappa shape index (κ2) is 8.96. The molecular formula is C22H22N2O4S. The molecule has 1 N–H and O–H groups in total. The van der Waals surface area contributed by atoms with E-state index in [1.807, 2.05) is 38.1 Å². The number of hydrogen-bond donors (Lipinski definition) is 1. The van der Waals surface area contributed by atoms with E-state index in [2.05, 4.69) is 5.32 Å². The number of anilines is 1. The van der Waals surface area contributed by atoms with Gasteiger partial charge in [-0.15, -0.1) is 0 Å². The van der Waals surface area contributed by atoms with Crippen LogP contribution in [0.2, 0.25) is 0 Å². The number of benzene rings is 2. The lowest BCUT2D eigenvalue weighted by molar-refractivity contribution is -0.122. The summed E-state index contributed by atoms with van der Waals surface area (Å²) in [5.41, 5.74) is 3.71. The molecule has 0 bridgehead atoms. The van der Waals surface area contributed by atoms with Crippen LogP contribution in [0.1, 0.15) is 23.6 Å². The monoisotopic (exact) mass is 410 g/mol. The molecule has 0 spiro atoms. The predicted octanol–water partition coefficient (Wildman–Crippen LogP) is 4.38. The van der Waals surface area contributed by atoms with E-state index in [0.717, 1.165) is 34.1 Å². The highest BCUT2D eigenvalue weighted by Crippen LogP contribution is 2.32. The van der Waals surface area contributed by atoms with Gasteiger partial charge in [-0.3, -0.25) is 19.3 Å². The minimum absolute atomic E-state index is 0.136. The molecule has 2 aromatic rings. The van der Waals surface area contributed by atoms with Crippen LogP contribution in [0.4, 0.5) is 10.5 Å². The molecule has 0 saturated carbocycles. The normalized spacial score (nSPS) is 15.1. The van der Waals surface area contributed by atoms with Crippen LogP contribution in [0.3, 0.4) is 0 Å². The summed E-state index contributed by atoms with van der Waals surface area (Å²) in [6.07, 6.45) is 1.66. The van der Waals surface area contributed by atoms with E-state index in [1.165, 1.54) is 4.90 Å². The summed E-state index contributed by atoms with van der Waals surface area (Å²) in [5.74, 6) is -0.0481. The summed E-state index contributed by atoms with van der Waals surface area (Å²) in [7, 11) is 0. The van der Waals surface area contributed by atoms with Crippen LogP contribution in [0, 0.1) is 13.8 Å². The van der Waals surface area contributed by atoms with Crippen molar-refractivity contribution in [3.63, 3.8) is 0 Å². The topological polar surface area (TPSA) is 75.7 Å². The Morgan fingerprint density at radius 3 is 2.62 bits per heavy atom. The number of rotatable bonds is 6. The van der Waals surface area contributed by atoms with Gasteiger partial charge in [-0.2, -0.15) is 0 Å². The molecule has 150 valence electrons. The Balaban J connectivity index is 1.62. The molecule has 1 fully saturated rings. The molecule has 1 saturated heterocycles. The maximum atomic E-state index is 12.2. The summed E-state index contributed by atoms with van der Waals surface area (Å²) in [4.78, 5) is 37.7. The average Bonchev–Trinajstić information content (AvgIpc) is 2.96. The third-order valence-corrected chi connectivity index (χ3v) is 5.41. The molecule has 2 aromatic carbocycles. The van der Waals surface area contributed by atoms with Crippen molar-refractivity contribution in [1.29, 1.82) is 0 Å². The van der Waals surface area contributed by atoms with E-state index >= 15 is 0 Å². The highest BCUT2D eigenvalue weighted by molar-refractivity contribution is 8.18. The molecule has 0 atom stereocenters. The SMILES string of the molecule is CCN1C(=O)S/C(=C\c2cccc(OCC(=O)Nc3ccc(C)c(C)c3)c2)C1=O. The molecule has 0 radical (unpaired) electrons. The number of amides is 3. The van der Waals surface area contributed by atoms with Gasteiger partial charge in [0.25, 0.3) is 17.1 Å². The number of nitrogens with zero attached hydrogens (tertiary/aromatic N) is 1. The van der Waals surface area contributed by atoms with Crippen LogP contribution in [0.25, 0.3) is 6.08 Å². The van der Waals surface area contributed by atoms with Crippen LogP contribution in [-0.4, -0.2) is 35.1 Å². The Labute approximate surface area is 173 Å². The van der Waals surface area contributed by atoms with Gasteiger partial charge in [0.15, 0.2) is 6.61 Å². The van der Waals surface area contributed by atoms with Crippen molar-refractivity contribution in [2.75, 3.05) is 18.5 Å². The molecule has 0 aromatic heterocycles. The first-order valence-corrected chi connectivity index (χ1v) is 10.0. The average molecular weight is 410 g/mol. The molecule has 0 unspecified atom stereocenters. The number of nitrogens with one attached hydrogen (secondary N) is 1. The number of carbonyl (C=O) groups excluding carboxylic acids is 3. The van der Waals surface area contributed by atoms with Crippen molar-refractivity contribution in [2.24, 2.45) is 0 Å². The Bertz CT molecular complexity index is 1000. The number of likely N-dealkylation sites (N-methyl/N-ethyl adjacent to an activating group) is 1. The first-order chi connectivity index (χ1) is 13.9. The van der Waals surface area contributed by atoms with Crippen molar-refractivity contribution in [3.8, 4) is 5.75 Å². The van der Waals surface area contributed by atoms with Gasteiger partial charge in [0, 0.05) is 12.2 Å². The van der Waals surface area contributed by atoms with Crippen molar-refractivity contribution < 1.29 is 19.1 Å². The van der Waals surface area contributed by atoms with Gasteiger partial charge < -0.3 is 10.1 Å². The lowest BCUT2D eigenvalue weighted by atomic mass is 10.1. The van der Waals surface area contributed by atoms with E-state index in [-0.39, 0.29) is 23.7 Å². The number of ether oxygens (including phenoxy) is 1. The maximum Gasteiger partial charge on any atom is 0.293 e. The fraction of sp³-hybridized carbons (Fsp3) is 0.227. The van der Waals surface area contributed by atoms with E-state index in [0.29, 0.717) is 17.2 Å². The van der Waals surface area contributed by atoms with Crippen LogP contribution >= 0.6 is 11.8 Å². The summed E-state index contributed by atoms with van der Waals surface area (Å²) < 4.78 is 5.58. The highest BCUT2D eigenvalue weighted by Gasteiger charge is 2.33. The van der Waals surface area contributed by atoms with Crippen molar-refractivity contribution in [1.82, 2.24) is 4.90 Å². The first-order valence-electron chi connectivity index (χ1n) is 9.22. The third kappa shape index (κ3) is 5.06. The van der Waals surface area contributed by atoms with E-state index in [4.69, 9.17) is 4.74 Å². The van der Waals surface area contributed by atoms with Gasteiger partial charge in [0.2, 0.25) is 0 Å². The highest BCUT2D eigenvalue weighted by atomic mass is 32.2. The Morgan fingerprint density at radius 2 is 1.93 bits per heavy atom. The molecule has 29 heavy (non-hydrogen) atoms. The fourth-order valence-electron chi connectivity index (χ4n) is 2.78. The quantitative estimate of drug-likeness (QED) is 0.716. The lowest BCUT2D eigenvalue weighted by Gasteiger charge is -2.09. The van der Waals surface area contributed by atoms with Gasteiger partial charge in [-0.05, 0) is 79.6 Å². The Kier molecular flexibility index (Phi) is 6.39. The lowest BCUT2D eigenvalue weighted by Crippen LogP contribution is -2.27. The van der Waals surface area contributed by atoms with Crippen molar-refractivity contribution in [3.05, 3.63) is 64.1 Å². The maximum absolute atomic E-state index is 12.2. The molecule has 1 aliphatic rings. The largest absolute Gasteiger partial charge is 0.484 e. The van der Waals surface area contributed by atoms with Gasteiger partial charge in [0.1, 0.15) is 5.75 Å². The Morgan fingerprint density at radius 1 is 1.14 bits per heavy atom. The second-order valence-corrected chi connectivity index (χ2v) is 7.63. The number of imide groups is 1. The summed E-state index contributed by atoms with van der Waals surface area (Å²) in [6, 6.07) is 12.8. The molecule has 6 nitrogen and oxygen atoms in total. The van der Waals surface area contributed by atoms with Crippen LogP contribution in [-0.2, 0) is 9.59 Å². The van der Waals surface area contributed by atoms with Gasteiger partial charge >= 0.3 is 0 Å². The molecular weight excluding hydrogens is 388 g/mol. The van der Waals surface area contributed by atoms with Crippen LogP contribution in [0.5, 0.6) is 5.75 Å². The number of aryl methyl sites for hydroxylation is 2. The molecule has 7 heteroatoms. The van der Waals surface area contributed by atoms with Crippen molar-refractivity contribution >= 4 is 40.6 Å². The fourth-order valence-corrected chi connectivity index (χ4v) is 3.69. The van der Waals surface area contributed by atoms with Gasteiger partial charge in [-0.1, -0.05) is 18.2 Å². The second-order valence-electron chi connectivity index (χ2n) is 6.63. The smallest absolute Gasteiger partial charge is 0.293 e. The number of thioether (sulfide) groups is 1. The minimum Gasteiger partial charge on any atom is -0.484 e. The Hall–Kier alpha value is -3.06. The standard InChI is InChI=1S/C22H22N2O4S/c1-4-24-21(26)19(29-22(24)27)12-16-6-5-7-18(11-16)28-13-20(25)23-17-9-8-14(2)15(3)10-17/h5-12H,4,13H2,1-3H3,(H,23,25)/b19-12-. The molecule has 3 amide bonds. The van der Waals surface area contributed by atoms with Gasteiger partial charge in [0.05, 0.1) is 4.91 Å². The zero-order chi connectivity index (χ0) is 21.0. The summed E-state index contributed by atoms with van der Waals surface area (Å²) >= 11 is 0.922. The van der Waals surface area contributed by atoms with Crippen molar-refractivity contribution in [2.45, 2.75) is 20.8 Å². The minimum atomic E-state index is -0.290. The summed E-state index contributed by atoms with van der Waals surface area (Å²) in [5, 5.41) is 2.54. The summed E-state index contributed by atoms with van der Waals surface area (Å²) in [6.45, 7) is 5.97. The van der Waals surface area contributed by atoms with E-state index in [9.17, 15) is 14.4 Å². The van der Waals surface area contributed by atoms with E-state index < -0.39 is 0 Å². The first kappa shape index (κ1) is 20.7. The van der Waals surface area contributed by atoms with Gasteiger partial charge in [-0.25, -0.2) is 0 Å². The molecule has 0 aliphatic carbocycles. The van der Waals surface area contributed by atoms with E-state index in [1.54, 1.807) is 31.2 Å². The molecule has 1 aliphatic heterocycles. The zero-order valence-corrected chi connectivity index (χ0v) is 17.3. The molecule has 1 heterocycles. The third-order valence-electron chi connectivity index (χ3n) is 4.51. The number of hydrogen-bond acceptors (Lipinski definition) is 5. The molecule has 3 rings (SSSR count).